The molecule has 1 aliphatic heterocycles. The lowest BCUT2D eigenvalue weighted by Gasteiger charge is -2.33. The second-order valence-corrected chi connectivity index (χ2v) is 14.0. The molecule has 0 radical (unpaired) electrons. The van der Waals surface area contributed by atoms with Gasteiger partial charge in [0.25, 0.3) is 0 Å². The molecule has 1 fully saturated rings. The third-order valence-electron chi connectivity index (χ3n) is 7.48. The summed E-state index contributed by atoms with van der Waals surface area (Å²) in [7, 11) is -4.37. The molecule has 2 aromatic heterocycles. The van der Waals surface area contributed by atoms with Crippen LogP contribution in [0.2, 0.25) is 0 Å². The Morgan fingerprint density at radius 1 is 1.02 bits per heavy atom. The number of benzene rings is 1. The number of nitrogen functional groups attached to an aromatic ring is 1. The van der Waals surface area contributed by atoms with Gasteiger partial charge in [-0.15, -0.1) is 0 Å². The fourth-order valence-corrected chi connectivity index (χ4v) is 6.44. The lowest BCUT2D eigenvalue weighted by molar-refractivity contribution is -0.175. The van der Waals surface area contributed by atoms with Crippen LogP contribution in [0.1, 0.15) is 66.7 Å². The van der Waals surface area contributed by atoms with Gasteiger partial charge < -0.3 is 29.2 Å². The van der Waals surface area contributed by atoms with Crippen molar-refractivity contribution in [2.45, 2.75) is 84.8 Å². The number of nitrogens with zero attached hydrogens (tertiary/aromatic N) is 3. The van der Waals surface area contributed by atoms with E-state index in [-0.39, 0.29) is 18.2 Å². The Labute approximate surface area is 279 Å². The lowest BCUT2D eigenvalue weighted by Crippen LogP contribution is -2.49. The largest absolute Gasteiger partial charge is 0.465 e. The number of esters is 3. The predicted molar refractivity (Wildman–Crippen MR) is 174 cm³/mol. The number of carbonyl (C=O) groups is 3. The molecule has 6 atom stereocenters. The van der Waals surface area contributed by atoms with Gasteiger partial charge >= 0.3 is 25.7 Å². The normalized spacial score (nSPS) is 22.7. The Balaban J connectivity index is 1.75. The second kappa shape index (κ2) is 15.5. The number of ether oxygens (including phenoxy) is 4. The monoisotopic (exact) mass is 689 g/mol. The molecule has 0 amide bonds. The molecule has 0 bridgehead atoms. The topological polar surface area (TPSA) is 192 Å². The van der Waals surface area contributed by atoms with Gasteiger partial charge in [-0.2, -0.15) is 10.2 Å². The summed E-state index contributed by atoms with van der Waals surface area (Å²) in [5, 5.41) is 6.95. The van der Waals surface area contributed by atoms with E-state index in [0.717, 1.165) is 0 Å². The molecule has 262 valence electrons. The van der Waals surface area contributed by atoms with Crippen molar-refractivity contribution in [2.24, 2.45) is 11.8 Å². The third-order valence-corrected chi connectivity index (χ3v) is 9.10. The first-order valence-corrected chi connectivity index (χ1v) is 17.3. The molecule has 1 saturated heterocycles. The van der Waals surface area contributed by atoms with Crippen LogP contribution >= 0.6 is 7.75 Å². The number of nitrogens with two attached hydrogens (primary N) is 1. The molecule has 4 rings (SSSR count). The van der Waals surface area contributed by atoms with Crippen LogP contribution in [0.5, 0.6) is 5.75 Å². The molecule has 0 spiro atoms. The van der Waals surface area contributed by atoms with E-state index in [1.54, 1.807) is 77.1 Å². The van der Waals surface area contributed by atoms with Crippen molar-refractivity contribution < 1.29 is 46.9 Å². The predicted octanol–water partition coefficient (Wildman–Crippen LogP) is 4.41. The van der Waals surface area contributed by atoms with Crippen LogP contribution in [0.15, 0.2) is 48.8 Å². The third kappa shape index (κ3) is 8.51. The highest BCUT2D eigenvalue weighted by Crippen LogP contribution is 2.50. The summed E-state index contributed by atoms with van der Waals surface area (Å²) in [5.74, 6) is -2.51. The maximum absolute atomic E-state index is 14.3. The zero-order valence-electron chi connectivity index (χ0n) is 28.2. The van der Waals surface area contributed by atoms with Gasteiger partial charge in [0.1, 0.15) is 35.3 Å². The molecule has 16 heteroatoms. The molecular formula is C32H44N5O10P. The van der Waals surface area contributed by atoms with Gasteiger partial charge in [0.05, 0.1) is 30.7 Å². The number of nitrogens with one attached hydrogen (secondary N) is 1. The van der Waals surface area contributed by atoms with E-state index in [1.807, 2.05) is 6.92 Å². The summed E-state index contributed by atoms with van der Waals surface area (Å²) in [6.07, 6.45) is -1.66. The van der Waals surface area contributed by atoms with Crippen LogP contribution < -0.4 is 15.3 Å². The molecule has 0 saturated carbocycles. The number of carbonyl (C=O) groups excluding carboxylic acids is 3. The molecule has 0 unspecified atom stereocenters. The molecular weight excluding hydrogens is 645 g/mol. The first-order chi connectivity index (χ1) is 22.7. The molecule has 15 nitrogen and oxygen atoms in total. The van der Waals surface area contributed by atoms with Crippen LogP contribution in [0.4, 0.5) is 5.82 Å². The molecule has 3 heterocycles. The highest BCUT2D eigenvalue weighted by Gasteiger charge is 2.59. The minimum absolute atomic E-state index is 0.174. The first-order valence-electron chi connectivity index (χ1n) is 15.8. The summed E-state index contributed by atoms with van der Waals surface area (Å²) < 4.78 is 51.4. The van der Waals surface area contributed by atoms with Gasteiger partial charge in [-0.1, -0.05) is 52.8 Å². The van der Waals surface area contributed by atoms with Crippen LogP contribution in [0.25, 0.3) is 5.52 Å². The molecule has 1 aromatic carbocycles. The average Bonchev–Trinajstić information content (AvgIpc) is 3.59. The van der Waals surface area contributed by atoms with Gasteiger partial charge in [0, 0.05) is 0 Å². The number of hydrogen-bond donors (Lipinski definition) is 2. The van der Waals surface area contributed by atoms with Gasteiger partial charge in [0.2, 0.25) is 0 Å². The van der Waals surface area contributed by atoms with Gasteiger partial charge in [-0.25, -0.2) is 14.1 Å². The van der Waals surface area contributed by atoms with Crippen LogP contribution in [-0.2, 0) is 42.4 Å². The number of anilines is 1. The summed E-state index contributed by atoms with van der Waals surface area (Å²) in [4.78, 5) is 42.8. The molecule has 3 N–H and O–H groups in total. The van der Waals surface area contributed by atoms with E-state index in [9.17, 15) is 18.9 Å². The lowest BCUT2D eigenvalue weighted by atomic mass is 9.95. The SMILES string of the molecule is CCCOC(=O)[C@H](C)N[P@@](=O)(OC[C@@]1(C)O[C@@H](c2ccc3c(N)ncnn23)[C@H](OC(=O)C(C)C)[C@@H]1OC(=O)C(C)C)Oc1ccccc1. The Bertz CT molecular complexity index is 1630. The standard InChI is InChI=1S/C32H44N5O10P/c1-8-16-42-31(40)21(6)36-48(41,47-22-12-10-9-11-13-22)43-17-32(7)27(45-30(39)20(4)5)26(44-29(38)19(2)3)25(46-32)23-14-15-24-28(33)34-18-35-37(23)24/h9-15,18-21,25-27H,8,16-17H2,1-7H3,(H,36,41)(H2,33,34,35)/t21-,25-,26-,27-,32+,48+/m0/s1. The van der Waals surface area contributed by atoms with Crippen LogP contribution in [0.3, 0.4) is 0 Å². The van der Waals surface area contributed by atoms with E-state index in [2.05, 4.69) is 15.2 Å². The van der Waals surface area contributed by atoms with Crippen molar-refractivity contribution in [3.63, 3.8) is 0 Å². The first kappa shape index (κ1) is 36.8. The Morgan fingerprint density at radius 2 is 1.69 bits per heavy atom. The quantitative estimate of drug-likeness (QED) is 0.129. The zero-order chi connectivity index (χ0) is 35.2. The smallest absolute Gasteiger partial charge is 0.459 e. The molecule has 1 aliphatic rings. The van der Waals surface area contributed by atoms with Crippen molar-refractivity contribution >= 4 is 37.0 Å². The van der Waals surface area contributed by atoms with Gasteiger partial charge in [-0.3, -0.25) is 18.9 Å². The fraction of sp³-hybridized carbons (Fsp3) is 0.531. The van der Waals surface area contributed by atoms with Gasteiger partial charge in [0.15, 0.2) is 18.0 Å². The van der Waals surface area contributed by atoms with Gasteiger partial charge in [-0.05, 0) is 44.5 Å². The van der Waals surface area contributed by atoms with Crippen LogP contribution in [0, 0.1) is 11.8 Å². The Hall–Kier alpha value is -4.04. The van der Waals surface area contributed by atoms with E-state index >= 15 is 0 Å². The maximum Gasteiger partial charge on any atom is 0.459 e. The fourth-order valence-electron chi connectivity index (χ4n) is 4.85. The molecule has 0 aliphatic carbocycles. The average molecular weight is 690 g/mol. The van der Waals surface area contributed by atoms with E-state index in [0.29, 0.717) is 17.6 Å². The van der Waals surface area contributed by atoms with E-state index in [1.165, 1.54) is 17.8 Å². The summed E-state index contributed by atoms with van der Waals surface area (Å²) >= 11 is 0. The number of para-hydroxylation sites is 1. The van der Waals surface area contributed by atoms with Crippen molar-refractivity contribution in [3.05, 3.63) is 54.5 Å². The van der Waals surface area contributed by atoms with E-state index < -0.39 is 74.1 Å². The maximum atomic E-state index is 14.3. The van der Waals surface area contributed by atoms with Crippen molar-refractivity contribution in [2.75, 3.05) is 18.9 Å². The summed E-state index contributed by atoms with van der Waals surface area (Å²) in [6, 6.07) is 10.5. The van der Waals surface area contributed by atoms with Crippen molar-refractivity contribution in [1.29, 1.82) is 0 Å². The van der Waals surface area contributed by atoms with E-state index in [4.69, 9.17) is 33.7 Å². The Kier molecular flexibility index (Phi) is 11.8. The summed E-state index contributed by atoms with van der Waals surface area (Å²) in [6.45, 7) is 11.2. The number of hydrogen-bond acceptors (Lipinski definition) is 13. The number of rotatable bonds is 15. The highest BCUT2D eigenvalue weighted by molar-refractivity contribution is 7.52. The van der Waals surface area contributed by atoms with Crippen molar-refractivity contribution in [3.8, 4) is 5.75 Å². The summed E-state index contributed by atoms with van der Waals surface area (Å²) in [5.41, 5.74) is 5.38. The number of aromatic nitrogens is 3. The highest BCUT2D eigenvalue weighted by atomic mass is 31.2. The zero-order valence-corrected chi connectivity index (χ0v) is 29.0. The molecule has 48 heavy (non-hydrogen) atoms. The minimum atomic E-state index is -4.37. The van der Waals surface area contributed by atoms with Crippen LogP contribution in [-0.4, -0.2) is 69.6 Å². The minimum Gasteiger partial charge on any atom is -0.465 e. The van der Waals surface area contributed by atoms with Crippen molar-refractivity contribution in [1.82, 2.24) is 19.7 Å². The molecule has 3 aromatic rings. The Morgan fingerprint density at radius 3 is 2.33 bits per heavy atom. The number of fused-ring (bicyclic) bond motifs is 1. The second-order valence-electron chi connectivity index (χ2n) is 12.3.